The number of H-pyrrole nitrogens is 1. The van der Waals surface area contributed by atoms with Crippen LogP contribution in [0.2, 0.25) is 0 Å². The fourth-order valence-electron chi connectivity index (χ4n) is 1.34. The van der Waals surface area contributed by atoms with Crippen LogP contribution in [-0.4, -0.2) is 9.97 Å². The third-order valence-electron chi connectivity index (χ3n) is 2.31. The molecule has 0 aliphatic heterocycles. The van der Waals surface area contributed by atoms with Crippen molar-refractivity contribution < 1.29 is 4.74 Å². The number of benzene rings is 1. The van der Waals surface area contributed by atoms with Crippen molar-refractivity contribution in [2.75, 3.05) is 0 Å². The number of halogens is 1. The first kappa shape index (κ1) is 11.9. The number of aromatic amines is 1. The van der Waals surface area contributed by atoms with Crippen LogP contribution in [0.1, 0.15) is 12.5 Å². The second-order valence-electron chi connectivity index (χ2n) is 3.45. The van der Waals surface area contributed by atoms with Gasteiger partial charge >= 0.3 is 0 Å². The predicted molar refractivity (Wildman–Crippen MR) is 68.5 cm³/mol. The highest BCUT2D eigenvalue weighted by Crippen LogP contribution is 2.24. The van der Waals surface area contributed by atoms with Crippen molar-refractivity contribution in [1.29, 1.82) is 0 Å². The number of hydrogen-bond acceptors (Lipinski definition) is 3. The zero-order valence-corrected chi connectivity index (χ0v) is 10.8. The maximum atomic E-state index is 11.3. The van der Waals surface area contributed by atoms with E-state index in [0.717, 1.165) is 6.42 Å². The lowest BCUT2D eigenvalue weighted by molar-refractivity contribution is 0.456. The van der Waals surface area contributed by atoms with Crippen LogP contribution in [0.5, 0.6) is 11.6 Å². The maximum absolute atomic E-state index is 11.3. The zero-order valence-electron chi connectivity index (χ0n) is 9.24. The number of nitrogens with one attached hydrogen (secondary N) is 1. The first-order valence-corrected chi connectivity index (χ1v) is 6.00. The maximum Gasteiger partial charge on any atom is 0.268 e. The molecule has 5 heteroatoms. The standard InChI is InChI=1S/C12H11BrN2O2/c1-2-8-3-5-9(6-4-8)17-12-10(13)11(16)14-7-15-12/h3-7H,2H2,1H3,(H,14,15,16). The Kier molecular flexibility index (Phi) is 3.58. The normalized spacial score (nSPS) is 10.2. The Balaban J connectivity index is 2.25. The van der Waals surface area contributed by atoms with Gasteiger partial charge in [-0.25, -0.2) is 4.98 Å². The average Bonchev–Trinajstić information content (AvgIpc) is 2.36. The van der Waals surface area contributed by atoms with Crippen LogP contribution in [-0.2, 0) is 6.42 Å². The van der Waals surface area contributed by atoms with Crippen LogP contribution in [0, 0.1) is 0 Å². The largest absolute Gasteiger partial charge is 0.438 e. The summed E-state index contributed by atoms with van der Waals surface area (Å²) in [5.74, 6) is 0.916. The van der Waals surface area contributed by atoms with Gasteiger partial charge in [0.05, 0.1) is 6.33 Å². The van der Waals surface area contributed by atoms with Crippen LogP contribution in [0.3, 0.4) is 0 Å². The molecular formula is C12H11BrN2O2. The molecule has 0 fully saturated rings. The molecular weight excluding hydrogens is 284 g/mol. The van der Waals surface area contributed by atoms with Gasteiger partial charge in [-0.15, -0.1) is 0 Å². The fraction of sp³-hybridized carbons (Fsp3) is 0.167. The van der Waals surface area contributed by atoms with Crippen LogP contribution < -0.4 is 10.3 Å². The summed E-state index contributed by atoms with van der Waals surface area (Å²) in [7, 11) is 0. The van der Waals surface area contributed by atoms with Gasteiger partial charge < -0.3 is 9.72 Å². The number of aromatic nitrogens is 2. The first-order chi connectivity index (χ1) is 8.20. The van der Waals surface area contributed by atoms with Gasteiger partial charge in [-0.05, 0) is 40.0 Å². The van der Waals surface area contributed by atoms with Gasteiger partial charge in [0, 0.05) is 0 Å². The molecule has 1 heterocycles. The molecule has 1 aromatic carbocycles. The molecule has 0 saturated carbocycles. The zero-order chi connectivity index (χ0) is 12.3. The van der Waals surface area contributed by atoms with Gasteiger partial charge in [0.15, 0.2) is 0 Å². The van der Waals surface area contributed by atoms with Gasteiger partial charge in [-0.1, -0.05) is 19.1 Å². The molecule has 0 unspecified atom stereocenters. The number of nitrogens with zero attached hydrogens (tertiary/aromatic N) is 1. The summed E-state index contributed by atoms with van der Waals surface area (Å²) in [4.78, 5) is 17.7. The molecule has 0 saturated heterocycles. The van der Waals surface area contributed by atoms with Gasteiger partial charge in [-0.2, -0.15) is 0 Å². The summed E-state index contributed by atoms with van der Waals surface area (Å²) < 4.78 is 5.80. The minimum Gasteiger partial charge on any atom is -0.438 e. The Morgan fingerprint density at radius 2 is 2.06 bits per heavy atom. The molecule has 88 valence electrons. The van der Waals surface area contributed by atoms with E-state index in [1.807, 2.05) is 24.3 Å². The van der Waals surface area contributed by atoms with Gasteiger partial charge in [0.2, 0.25) is 5.88 Å². The summed E-state index contributed by atoms with van der Waals surface area (Å²) >= 11 is 3.13. The highest BCUT2D eigenvalue weighted by Gasteiger charge is 2.07. The molecule has 0 radical (unpaired) electrons. The lowest BCUT2D eigenvalue weighted by Gasteiger charge is -2.06. The van der Waals surface area contributed by atoms with Crippen molar-refractivity contribution in [3.63, 3.8) is 0 Å². The van der Waals surface area contributed by atoms with Crippen molar-refractivity contribution in [3.05, 3.63) is 51.0 Å². The molecule has 17 heavy (non-hydrogen) atoms. The molecule has 0 amide bonds. The monoisotopic (exact) mass is 294 g/mol. The molecule has 0 bridgehead atoms. The van der Waals surface area contributed by atoms with Crippen molar-refractivity contribution in [2.24, 2.45) is 0 Å². The molecule has 2 aromatic rings. The molecule has 0 spiro atoms. The number of rotatable bonds is 3. The van der Waals surface area contributed by atoms with Crippen molar-refractivity contribution in [3.8, 4) is 11.6 Å². The Morgan fingerprint density at radius 3 is 2.71 bits per heavy atom. The third kappa shape index (κ3) is 2.74. The summed E-state index contributed by atoms with van der Waals surface area (Å²) in [6, 6.07) is 7.68. The molecule has 4 nitrogen and oxygen atoms in total. The highest BCUT2D eigenvalue weighted by atomic mass is 79.9. The summed E-state index contributed by atoms with van der Waals surface area (Å²) in [6.45, 7) is 2.09. The van der Waals surface area contributed by atoms with E-state index in [-0.39, 0.29) is 11.4 Å². The molecule has 0 atom stereocenters. The second-order valence-corrected chi connectivity index (χ2v) is 4.24. The molecule has 1 N–H and O–H groups in total. The number of ether oxygens (including phenoxy) is 1. The van der Waals surface area contributed by atoms with Crippen LogP contribution >= 0.6 is 15.9 Å². The Labute approximate surface area is 107 Å². The minimum atomic E-state index is -0.264. The van der Waals surface area contributed by atoms with E-state index < -0.39 is 0 Å². The SMILES string of the molecule is CCc1ccc(Oc2nc[nH]c(=O)c2Br)cc1. The van der Waals surface area contributed by atoms with E-state index >= 15 is 0 Å². The average molecular weight is 295 g/mol. The van der Waals surface area contributed by atoms with E-state index in [9.17, 15) is 4.79 Å². The molecule has 0 aliphatic carbocycles. The van der Waals surface area contributed by atoms with Crippen molar-refractivity contribution >= 4 is 15.9 Å². The van der Waals surface area contributed by atoms with E-state index in [4.69, 9.17) is 4.74 Å². The van der Waals surface area contributed by atoms with Crippen LogP contribution in [0.25, 0.3) is 0 Å². The lowest BCUT2D eigenvalue weighted by Crippen LogP contribution is -2.08. The van der Waals surface area contributed by atoms with Crippen molar-refractivity contribution in [1.82, 2.24) is 9.97 Å². The van der Waals surface area contributed by atoms with Gasteiger partial charge in [0.1, 0.15) is 10.2 Å². The molecule has 2 rings (SSSR count). The van der Waals surface area contributed by atoms with Gasteiger partial charge in [0.25, 0.3) is 5.56 Å². The van der Waals surface area contributed by atoms with E-state index in [1.54, 1.807) is 0 Å². The summed E-state index contributed by atoms with van der Waals surface area (Å²) in [5.41, 5.74) is 0.968. The minimum absolute atomic E-state index is 0.262. The van der Waals surface area contributed by atoms with Crippen LogP contribution in [0.15, 0.2) is 39.9 Å². The highest BCUT2D eigenvalue weighted by molar-refractivity contribution is 9.10. The number of hydrogen-bond donors (Lipinski definition) is 1. The van der Waals surface area contributed by atoms with E-state index in [1.165, 1.54) is 11.9 Å². The predicted octanol–water partition coefficient (Wildman–Crippen LogP) is 2.89. The fourth-order valence-corrected chi connectivity index (χ4v) is 1.64. The number of aryl methyl sites for hydroxylation is 1. The molecule has 0 aliphatic rings. The van der Waals surface area contributed by atoms with Crippen molar-refractivity contribution in [2.45, 2.75) is 13.3 Å². The molecule has 1 aromatic heterocycles. The Hall–Kier alpha value is -1.62. The third-order valence-corrected chi connectivity index (χ3v) is 3.01. The van der Waals surface area contributed by atoms with Gasteiger partial charge in [-0.3, -0.25) is 4.79 Å². The second kappa shape index (κ2) is 5.14. The topological polar surface area (TPSA) is 55.0 Å². The van der Waals surface area contributed by atoms with E-state index in [2.05, 4.69) is 32.8 Å². The summed E-state index contributed by atoms with van der Waals surface area (Å²) in [5, 5.41) is 0. The van der Waals surface area contributed by atoms with Crippen LogP contribution in [0.4, 0.5) is 0 Å². The summed E-state index contributed by atoms with van der Waals surface area (Å²) in [6.07, 6.45) is 2.29. The lowest BCUT2D eigenvalue weighted by atomic mass is 10.2. The van der Waals surface area contributed by atoms with E-state index in [0.29, 0.717) is 10.2 Å². The Bertz CT molecular complexity index is 563. The Morgan fingerprint density at radius 1 is 1.35 bits per heavy atom. The quantitative estimate of drug-likeness (QED) is 0.947. The first-order valence-electron chi connectivity index (χ1n) is 5.20. The smallest absolute Gasteiger partial charge is 0.268 e.